The van der Waals surface area contributed by atoms with Crippen molar-refractivity contribution in [3.05, 3.63) is 57.6 Å². The number of phenols is 2. The van der Waals surface area contributed by atoms with Crippen molar-refractivity contribution in [1.82, 2.24) is 0 Å². The molecule has 0 aliphatic heterocycles. The van der Waals surface area contributed by atoms with Crippen LogP contribution in [0.4, 0.5) is 0 Å². The minimum absolute atomic E-state index is 0.172. The molecule has 0 heterocycles. The van der Waals surface area contributed by atoms with Gasteiger partial charge in [-0.1, -0.05) is 50.9 Å². The Balaban J connectivity index is 2.64. The molecule has 2 aromatic rings. The third-order valence-corrected chi connectivity index (χ3v) is 5.47. The van der Waals surface area contributed by atoms with Crippen molar-refractivity contribution in [2.45, 2.75) is 38.5 Å². The molecular weight excluding hydrogens is 319 g/mol. The third kappa shape index (κ3) is 2.78. The minimum Gasteiger partial charge on any atom is -0.508 e. The monoisotopic (exact) mass is 338 g/mol. The Morgan fingerprint density at radius 3 is 1.32 bits per heavy atom. The zero-order chi connectivity index (χ0) is 16.7. The Labute approximate surface area is 141 Å². The van der Waals surface area contributed by atoms with Crippen LogP contribution in [0.25, 0.3) is 0 Å². The summed E-state index contributed by atoms with van der Waals surface area (Å²) in [5.74, 6) is 0.343. The smallest absolute Gasteiger partial charge is 0.115 e. The van der Waals surface area contributed by atoms with E-state index in [0.717, 1.165) is 11.1 Å². The van der Waals surface area contributed by atoms with Crippen molar-refractivity contribution in [2.75, 3.05) is 0 Å². The third-order valence-electron chi connectivity index (χ3n) is 4.81. The maximum Gasteiger partial charge on any atom is 0.115 e. The molecule has 2 N–H and O–H groups in total. The Morgan fingerprint density at radius 1 is 0.682 bits per heavy atom. The van der Waals surface area contributed by atoms with Crippen LogP contribution in [-0.4, -0.2) is 10.2 Å². The van der Waals surface area contributed by atoms with Crippen molar-refractivity contribution in [3.63, 3.8) is 0 Å². The van der Waals surface area contributed by atoms with Crippen LogP contribution in [0.3, 0.4) is 0 Å². The van der Waals surface area contributed by atoms with Crippen LogP contribution in [0.1, 0.15) is 38.8 Å². The van der Waals surface area contributed by atoms with E-state index in [1.807, 2.05) is 27.7 Å². The van der Waals surface area contributed by atoms with Crippen molar-refractivity contribution in [3.8, 4) is 11.5 Å². The van der Waals surface area contributed by atoms with E-state index in [9.17, 15) is 10.2 Å². The zero-order valence-corrected chi connectivity index (χ0v) is 14.6. The van der Waals surface area contributed by atoms with Crippen LogP contribution in [0, 0.1) is 0 Å². The summed E-state index contributed by atoms with van der Waals surface area (Å²) in [4.78, 5) is 0. The van der Waals surface area contributed by atoms with E-state index in [4.69, 9.17) is 23.2 Å². The lowest BCUT2D eigenvalue weighted by atomic mass is 9.61. The van der Waals surface area contributed by atoms with E-state index >= 15 is 0 Å². The molecule has 0 radical (unpaired) electrons. The first-order chi connectivity index (χ1) is 10.1. The topological polar surface area (TPSA) is 40.5 Å². The molecule has 118 valence electrons. The summed E-state index contributed by atoms with van der Waals surface area (Å²) >= 11 is 12.7. The van der Waals surface area contributed by atoms with Gasteiger partial charge in [-0.15, -0.1) is 0 Å². The number of hydrogen-bond acceptors (Lipinski definition) is 2. The van der Waals surface area contributed by atoms with Gasteiger partial charge in [0.1, 0.15) is 11.5 Å². The molecule has 0 bridgehead atoms. The van der Waals surface area contributed by atoms with E-state index in [2.05, 4.69) is 0 Å². The largest absolute Gasteiger partial charge is 0.508 e. The predicted octanol–water partition coefficient (Wildman–Crippen LogP) is 5.66. The Bertz CT molecular complexity index is 645. The summed E-state index contributed by atoms with van der Waals surface area (Å²) in [6.07, 6.45) is 0. The molecule has 2 aromatic carbocycles. The zero-order valence-electron chi connectivity index (χ0n) is 13.1. The Morgan fingerprint density at radius 2 is 1.00 bits per heavy atom. The van der Waals surface area contributed by atoms with Gasteiger partial charge in [-0.3, -0.25) is 0 Å². The van der Waals surface area contributed by atoms with E-state index in [0.29, 0.717) is 10.0 Å². The molecule has 0 fully saturated rings. The Kier molecular flexibility index (Phi) is 4.38. The lowest BCUT2D eigenvalue weighted by molar-refractivity contribution is 0.301. The first kappa shape index (κ1) is 17.0. The molecule has 0 spiro atoms. The second kappa shape index (κ2) is 5.68. The van der Waals surface area contributed by atoms with Crippen LogP contribution < -0.4 is 0 Å². The highest BCUT2D eigenvalue weighted by molar-refractivity contribution is 6.32. The molecular formula is C18H20Cl2O2. The van der Waals surface area contributed by atoms with Crippen LogP contribution in [0.2, 0.25) is 10.0 Å². The molecule has 0 saturated carbocycles. The van der Waals surface area contributed by atoms with Gasteiger partial charge in [-0.25, -0.2) is 0 Å². The lowest BCUT2D eigenvalue weighted by Gasteiger charge is -2.43. The van der Waals surface area contributed by atoms with Gasteiger partial charge in [0.05, 0.1) is 0 Å². The summed E-state index contributed by atoms with van der Waals surface area (Å²) < 4.78 is 0. The lowest BCUT2D eigenvalue weighted by Crippen LogP contribution is -2.40. The van der Waals surface area contributed by atoms with E-state index in [1.54, 1.807) is 36.4 Å². The fourth-order valence-corrected chi connectivity index (χ4v) is 3.37. The quantitative estimate of drug-likeness (QED) is 0.757. The van der Waals surface area contributed by atoms with Crippen LogP contribution >= 0.6 is 23.2 Å². The van der Waals surface area contributed by atoms with Gasteiger partial charge in [0.15, 0.2) is 0 Å². The van der Waals surface area contributed by atoms with Gasteiger partial charge < -0.3 is 10.2 Å². The molecule has 0 aliphatic carbocycles. The van der Waals surface area contributed by atoms with Crippen molar-refractivity contribution in [2.24, 2.45) is 0 Å². The molecule has 4 heteroatoms. The number of halogens is 2. The van der Waals surface area contributed by atoms with E-state index in [1.165, 1.54) is 0 Å². The average molecular weight is 339 g/mol. The van der Waals surface area contributed by atoms with Gasteiger partial charge in [-0.2, -0.15) is 0 Å². The van der Waals surface area contributed by atoms with Crippen LogP contribution in [0.5, 0.6) is 11.5 Å². The van der Waals surface area contributed by atoms with Gasteiger partial charge in [0, 0.05) is 20.9 Å². The Hall–Kier alpha value is -1.38. The molecule has 0 aliphatic rings. The molecule has 2 nitrogen and oxygen atoms in total. The molecule has 2 rings (SSSR count). The van der Waals surface area contributed by atoms with Gasteiger partial charge >= 0.3 is 0 Å². The van der Waals surface area contributed by atoms with E-state index in [-0.39, 0.29) is 11.5 Å². The number of phenolic OH excluding ortho intramolecular Hbond substituents is 2. The highest BCUT2D eigenvalue weighted by Crippen LogP contribution is 2.48. The first-order valence-electron chi connectivity index (χ1n) is 7.05. The molecule has 0 atom stereocenters. The summed E-state index contributed by atoms with van der Waals surface area (Å²) in [6.45, 7) is 8.20. The second-order valence-electron chi connectivity index (χ2n) is 6.58. The second-order valence-corrected chi connectivity index (χ2v) is 7.39. The highest BCUT2D eigenvalue weighted by atomic mass is 35.5. The van der Waals surface area contributed by atoms with Gasteiger partial charge in [0.25, 0.3) is 0 Å². The van der Waals surface area contributed by atoms with Crippen molar-refractivity contribution >= 4 is 23.2 Å². The van der Waals surface area contributed by atoms with Crippen LogP contribution in [-0.2, 0) is 10.8 Å². The van der Waals surface area contributed by atoms with Crippen LogP contribution in [0.15, 0.2) is 36.4 Å². The number of rotatable bonds is 3. The molecule has 22 heavy (non-hydrogen) atoms. The standard InChI is InChI=1S/C18H20Cl2O2/c1-17(2,13-9-11(21)5-7-15(13)19)18(3,4)14-10-12(22)6-8-16(14)20/h5-10,21-22H,1-4H3. The SMILES string of the molecule is CC(C)(c1cc(O)ccc1Cl)C(C)(C)c1cc(O)ccc1Cl. The minimum atomic E-state index is -0.430. The highest BCUT2D eigenvalue weighted by Gasteiger charge is 2.42. The normalized spacial score (nSPS) is 12.5. The molecule has 0 unspecified atom stereocenters. The molecule has 0 saturated heterocycles. The summed E-state index contributed by atoms with van der Waals surface area (Å²) in [7, 11) is 0. The number of benzene rings is 2. The van der Waals surface area contributed by atoms with E-state index < -0.39 is 10.8 Å². The molecule has 0 aromatic heterocycles. The summed E-state index contributed by atoms with van der Waals surface area (Å²) in [6, 6.07) is 9.87. The number of aromatic hydroxyl groups is 2. The fraction of sp³-hybridized carbons (Fsp3) is 0.333. The maximum absolute atomic E-state index is 9.81. The average Bonchev–Trinajstić information content (AvgIpc) is 2.43. The molecule has 0 amide bonds. The van der Waals surface area contributed by atoms with Crippen molar-refractivity contribution < 1.29 is 10.2 Å². The fourth-order valence-electron chi connectivity index (χ4n) is 2.66. The van der Waals surface area contributed by atoms with Gasteiger partial charge in [0.2, 0.25) is 0 Å². The predicted molar refractivity (Wildman–Crippen MR) is 92.3 cm³/mol. The first-order valence-corrected chi connectivity index (χ1v) is 7.81. The summed E-state index contributed by atoms with van der Waals surface area (Å²) in [5, 5.41) is 20.8. The maximum atomic E-state index is 9.81. The number of hydrogen-bond donors (Lipinski definition) is 2. The summed E-state index contributed by atoms with van der Waals surface area (Å²) in [5.41, 5.74) is 0.803. The van der Waals surface area contributed by atoms with Gasteiger partial charge in [-0.05, 0) is 47.5 Å². The van der Waals surface area contributed by atoms with Crippen molar-refractivity contribution in [1.29, 1.82) is 0 Å².